The van der Waals surface area contributed by atoms with Crippen LogP contribution in [0.15, 0.2) is 24.3 Å². The molecule has 1 unspecified atom stereocenters. The van der Waals surface area contributed by atoms with Crippen molar-refractivity contribution in [2.24, 2.45) is 5.92 Å². The molecule has 2 rings (SSSR count). The lowest BCUT2D eigenvalue weighted by molar-refractivity contribution is 0.371. The fraction of sp³-hybridized carbons (Fsp3) is 0.600. The Bertz CT molecular complexity index is 331. The summed E-state index contributed by atoms with van der Waals surface area (Å²) in [6, 6.07) is 8.87. The van der Waals surface area contributed by atoms with Gasteiger partial charge in [0.05, 0.1) is 0 Å². The molecule has 1 aliphatic heterocycles. The SMILES string of the molecule is Cc1cccc(CSCCC2CCCNC2)c1. The summed E-state index contributed by atoms with van der Waals surface area (Å²) in [5.41, 5.74) is 2.84. The Balaban J connectivity index is 1.62. The van der Waals surface area contributed by atoms with Crippen LogP contribution >= 0.6 is 11.8 Å². The van der Waals surface area contributed by atoms with Gasteiger partial charge in [-0.25, -0.2) is 0 Å². The first-order chi connectivity index (χ1) is 8.34. The maximum Gasteiger partial charge on any atom is 0.0184 e. The predicted molar refractivity (Wildman–Crippen MR) is 77.6 cm³/mol. The number of hydrogen-bond acceptors (Lipinski definition) is 2. The molecule has 1 N–H and O–H groups in total. The second-order valence-corrected chi connectivity index (χ2v) is 6.15. The molecule has 1 fully saturated rings. The molecule has 0 amide bonds. The topological polar surface area (TPSA) is 12.0 Å². The molecule has 1 aromatic carbocycles. The molecule has 1 aromatic rings. The smallest absolute Gasteiger partial charge is 0.0184 e. The molecule has 1 saturated heterocycles. The van der Waals surface area contributed by atoms with Gasteiger partial charge in [-0.2, -0.15) is 11.8 Å². The molecule has 94 valence electrons. The average molecular weight is 249 g/mol. The van der Waals surface area contributed by atoms with Gasteiger partial charge in [-0.3, -0.25) is 0 Å². The first-order valence-corrected chi connectivity index (χ1v) is 7.84. The van der Waals surface area contributed by atoms with E-state index in [-0.39, 0.29) is 0 Å². The van der Waals surface area contributed by atoms with E-state index < -0.39 is 0 Å². The van der Waals surface area contributed by atoms with Gasteiger partial charge in [-0.1, -0.05) is 29.8 Å². The third-order valence-electron chi connectivity index (χ3n) is 3.42. The van der Waals surface area contributed by atoms with E-state index in [0.29, 0.717) is 0 Å². The van der Waals surface area contributed by atoms with Crippen molar-refractivity contribution < 1.29 is 0 Å². The van der Waals surface area contributed by atoms with Gasteiger partial charge in [0.25, 0.3) is 0 Å². The number of nitrogens with one attached hydrogen (secondary N) is 1. The van der Waals surface area contributed by atoms with Crippen LogP contribution in [0.5, 0.6) is 0 Å². The second kappa shape index (κ2) is 7.07. The molecule has 1 heterocycles. The highest BCUT2D eigenvalue weighted by Crippen LogP contribution is 2.19. The van der Waals surface area contributed by atoms with Gasteiger partial charge in [0.15, 0.2) is 0 Å². The zero-order chi connectivity index (χ0) is 11.9. The summed E-state index contributed by atoms with van der Waals surface area (Å²) in [5.74, 6) is 3.40. The van der Waals surface area contributed by atoms with Crippen molar-refractivity contribution in [2.45, 2.75) is 31.9 Å². The van der Waals surface area contributed by atoms with Crippen LogP contribution in [-0.2, 0) is 5.75 Å². The van der Waals surface area contributed by atoms with Gasteiger partial charge in [0.2, 0.25) is 0 Å². The molecule has 0 spiro atoms. The number of thioether (sulfide) groups is 1. The summed E-state index contributed by atoms with van der Waals surface area (Å²) in [5, 5.41) is 3.49. The predicted octanol–water partition coefficient (Wildman–Crippen LogP) is 3.62. The van der Waals surface area contributed by atoms with Crippen molar-refractivity contribution in [1.29, 1.82) is 0 Å². The van der Waals surface area contributed by atoms with Gasteiger partial charge in [-0.15, -0.1) is 0 Å². The first kappa shape index (κ1) is 13.0. The number of aryl methyl sites for hydroxylation is 1. The highest BCUT2D eigenvalue weighted by Gasteiger charge is 2.11. The Morgan fingerprint density at radius 2 is 2.35 bits per heavy atom. The molecule has 17 heavy (non-hydrogen) atoms. The van der Waals surface area contributed by atoms with Gasteiger partial charge >= 0.3 is 0 Å². The van der Waals surface area contributed by atoms with Crippen molar-refractivity contribution in [3.8, 4) is 0 Å². The summed E-state index contributed by atoms with van der Waals surface area (Å²) >= 11 is 2.08. The number of rotatable bonds is 5. The van der Waals surface area contributed by atoms with Crippen LogP contribution in [0.3, 0.4) is 0 Å². The van der Waals surface area contributed by atoms with Crippen LogP contribution < -0.4 is 5.32 Å². The quantitative estimate of drug-likeness (QED) is 0.800. The van der Waals surface area contributed by atoms with E-state index >= 15 is 0 Å². The number of benzene rings is 1. The fourth-order valence-electron chi connectivity index (χ4n) is 2.41. The lowest BCUT2D eigenvalue weighted by Crippen LogP contribution is -2.29. The van der Waals surface area contributed by atoms with E-state index in [4.69, 9.17) is 0 Å². The van der Waals surface area contributed by atoms with Crippen molar-refractivity contribution in [1.82, 2.24) is 5.32 Å². The van der Waals surface area contributed by atoms with E-state index in [9.17, 15) is 0 Å². The van der Waals surface area contributed by atoms with Crippen LogP contribution in [0, 0.1) is 12.8 Å². The van der Waals surface area contributed by atoms with E-state index in [1.807, 2.05) is 0 Å². The summed E-state index contributed by atoms with van der Waals surface area (Å²) in [4.78, 5) is 0. The highest BCUT2D eigenvalue weighted by atomic mass is 32.2. The second-order valence-electron chi connectivity index (χ2n) is 5.04. The minimum absolute atomic E-state index is 0.925. The number of piperidine rings is 1. The Kier molecular flexibility index (Phi) is 5.40. The minimum atomic E-state index is 0.925. The summed E-state index contributed by atoms with van der Waals surface area (Å²) in [6.07, 6.45) is 4.18. The fourth-order valence-corrected chi connectivity index (χ4v) is 3.47. The van der Waals surface area contributed by atoms with Crippen LogP contribution in [-0.4, -0.2) is 18.8 Å². The molecule has 1 nitrogen and oxygen atoms in total. The van der Waals surface area contributed by atoms with E-state index in [2.05, 4.69) is 48.3 Å². The molecule has 0 saturated carbocycles. The molecule has 2 heteroatoms. The third-order valence-corrected chi connectivity index (χ3v) is 4.48. The standard InChI is InChI=1S/C15H23NS/c1-13-4-2-5-15(10-13)12-17-9-7-14-6-3-8-16-11-14/h2,4-5,10,14,16H,3,6-9,11-12H2,1H3. The molecule has 0 bridgehead atoms. The van der Waals surface area contributed by atoms with Crippen LogP contribution in [0.25, 0.3) is 0 Å². The lowest BCUT2D eigenvalue weighted by atomic mass is 9.97. The van der Waals surface area contributed by atoms with Gasteiger partial charge < -0.3 is 5.32 Å². The average Bonchev–Trinajstić information content (AvgIpc) is 2.36. The lowest BCUT2D eigenvalue weighted by Gasteiger charge is -2.22. The Morgan fingerprint density at radius 1 is 1.41 bits per heavy atom. The van der Waals surface area contributed by atoms with Crippen molar-refractivity contribution in [3.05, 3.63) is 35.4 Å². The van der Waals surface area contributed by atoms with Crippen molar-refractivity contribution in [2.75, 3.05) is 18.8 Å². The van der Waals surface area contributed by atoms with E-state index in [1.54, 1.807) is 0 Å². The molecule has 0 aromatic heterocycles. The van der Waals surface area contributed by atoms with Crippen LogP contribution in [0.2, 0.25) is 0 Å². The molecule has 1 aliphatic rings. The molecule has 0 aliphatic carbocycles. The Morgan fingerprint density at radius 3 is 3.12 bits per heavy atom. The number of hydrogen-bond donors (Lipinski definition) is 1. The third kappa shape index (κ3) is 4.72. The minimum Gasteiger partial charge on any atom is -0.316 e. The molecule has 0 radical (unpaired) electrons. The van der Waals surface area contributed by atoms with Gasteiger partial charge in [0.1, 0.15) is 0 Å². The van der Waals surface area contributed by atoms with Gasteiger partial charge in [0, 0.05) is 5.75 Å². The molecular weight excluding hydrogens is 226 g/mol. The van der Waals surface area contributed by atoms with Crippen molar-refractivity contribution >= 4 is 11.8 Å². The Hall–Kier alpha value is -0.470. The van der Waals surface area contributed by atoms with E-state index in [1.165, 1.54) is 55.0 Å². The normalized spacial score (nSPS) is 20.4. The summed E-state index contributed by atoms with van der Waals surface area (Å²) < 4.78 is 0. The monoisotopic (exact) mass is 249 g/mol. The van der Waals surface area contributed by atoms with Gasteiger partial charge in [-0.05, 0) is 56.5 Å². The summed E-state index contributed by atoms with van der Waals surface area (Å²) in [7, 11) is 0. The summed E-state index contributed by atoms with van der Waals surface area (Å²) in [6.45, 7) is 4.64. The maximum atomic E-state index is 3.49. The Labute approximate surface area is 109 Å². The maximum absolute atomic E-state index is 3.49. The van der Waals surface area contributed by atoms with Crippen LogP contribution in [0.4, 0.5) is 0 Å². The molecule has 1 atom stereocenters. The largest absolute Gasteiger partial charge is 0.316 e. The molecular formula is C15H23NS. The zero-order valence-electron chi connectivity index (χ0n) is 10.7. The van der Waals surface area contributed by atoms with E-state index in [0.717, 1.165) is 5.92 Å². The first-order valence-electron chi connectivity index (χ1n) is 6.68. The zero-order valence-corrected chi connectivity index (χ0v) is 11.6. The van der Waals surface area contributed by atoms with Crippen molar-refractivity contribution in [3.63, 3.8) is 0 Å². The van der Waals surface area contributed by atoms with Crippen LogP contribution in [0.1, 0.15) is 30.4 Å². The highest BCUT2D eigenvalue weighted by molar-refractivity contribution is 7.98.